The van der Waals surface area contributed by atoms with Gasteiger partial charge in [0.2, 0.25) is 11.0 Å². The van der Waals surface area contributed by atoms with Gasteiger partial charge in [0.25, 0.3) is 0 Å². The van der Waals surface area contributed by atoms with Gasteiger partial charge in [0.15, 0.2) is 0 Å². The Morgan fingerprint density at radius 3 is 3.00 bits per heavy atom. The lowest BCUT2D eigenvalue weighted by Gasteiger charge is -2.03. The molecule has 0 saturated carbocycles. The van der Waals surface area contributed by atoms with Crippen LogP contribution in [0.25, 0.3) is 5.69 Å². The first-order valence-electron chi connectivity index (χ1n) is 4.84. The lowest BCUT2D eigenvalue weighted by molar-refractivity contribution is -0.133. The van der Waals surface area contributed by atoms with Crippen molar-refractivity contribution in [3.63, 3.8) is 0 Å². The van der Waals surface area contributed by atoms with Gasteiger partial charge in [-0.2, -0.15) is 4.68 Å². The molecule has 8 nitrogen and oxygen atoms in total. The van der Waals surface area contributed by atoms with Crippen LogP contribution < -0.4 is 4.74 Å². The number of hydrogen-bond donors (Lipinski definition) is 1. The largest absolute Gasteiger partial charge is 0.481 e. The zero-order chi connectivity index (χ0) is 13.0. The number of carboxylic acid groups (broad SMARTS) is 1. The minimum absolute atomic E-state index is 0.107. The molecular weight excluding hydrogens is 258 g/mol. The van der Waals surface area contributed by atoms with E-state index in [2.05, 4.69) is 20.5 Å². The number of pyridine rings is 1. The van der Waals surface area contributed by atoms with Crippen molar-refractivity contribution >= 4 is 17.7 Å². The van der Waals surface area contributed by atoms with Crippen LogP contribution in [0.4, 0.5) is 0 Å². The van der Waals surface area contributed by atoms with Gasteiger partial charge >= 0.3 is 5.97 Å². The molecule has 2 heterocycles. The van der Waals surface area contributed by atoms with E-state index in [4.69, 9.17) is 9.84 Å². The quantitative estimate of drug-likeness (QED) is 0.768. The highest BCUT2D eigenvalue weighted by Crippen LogP contribution is 2.18. The highest BCUT2D eigenvalue weighted by Gasteiger charge is 2.11. The van der Waals surface area contributed by atoms with Crippen molar-refractivity contribution in [1.29, 1.82) is 0 Å². The monoisotopic (exact) mass is 267 g/mol. The molecule has 0 aliphatic rings. The maximum atomic E-state index is 10.5. The van der Waals surface area contributed by atoms with E-state index in [1.165, 1.54) is 11.8 Å². The normalized spacial score (nSPS) is 10.3. The molecule has 0 unspecified atom stereocenters. The van der Waals surface area contributed by atoms with Crippen molar-refractivity contribution in [3.8, 4) is 11.6 Å². The summed E-state index contributed by atoms with van der Waals surface area (Å²) in [5, 5.41) is 20.0. The molecule has 0 saturated heterocycles. The van der Waals surface area contributed by atoms with E-state index in [1.54, 1.807) is 18.3 Å². The number of ether oxygens (including phenoxy) is 1. The van der Waals surface area contributed by atoms with E-state index in [0.29, 0.717) is 16.7 Å². The van der Waals surface area contributed by atoms with Crippen molar-refractivity contribution in [2.45, 2.75) is 5.16 Å². The molecule has 2 aromatic rings. The fourth-order valence-electron chi connectivity index (χ4n) is 1.18. The predicted octanol–water partition coefficient (Wildman–Crippen LogP) is 0.243. The molecule has 0 atom stereocenters. The average Bonchev–Trinajstić information content (AvgIpc) is 2.85. The molecular formula is C9H9N5O3S. The van der Waals surface area contributed by atoms with Gasteiger partial charge in [-0.15, -0.1) is 5.10 Å². The van der Waals surface area contributed by atoms with Crippen LogP contribution in [-0.4, -0.2) is 49.1 Å². The molecule has 0 spiro atoms. The standard InChI is InChI=1S/C9H9N5O3S/c1-17-7-3-2-6(4-10-7)14-9(11-12-13-14)18-5-8(15)16/h2-4H,5H2,1H3,(H,15,16). The van der Waals surface area contributed by atoms with Gasteiger partial charge in [-0.3, -0.25) is 4.79 Å². The zero-order valence-corrected chi connectivity index (χ0v) is 10.2. The Morgan fingerprint density at radius 2 is 2.39 bits per heavy atom. The van der Waals surface area contributed by atoms with Gasteiger partial charge in [-0.1, -0.05) is 11.8 Å². The highest BCUT2D eigenvalue weighted by atomic mass is 32.2. The van der Waals surface area contributed by atoms with E-state index in [-0.39, 0.29) is 5.75 Å². The minimum atomic E-state index is -0.928. The fraction of sp³-hybridized carbons (Fsp3) is 0.222. The number of aliphatic carboxylic acids is 1. The molecule has 0 aromatic carbocycles. The first-order chi connectivity index (χ1) is 8.70. The van der Waals surface area contributed by atoms with Crippen LogP contribution in [0.3, 0.4) is 0 Å². The van der Waals surface area contributed by atoms with Crippen LogP contribution in [0.15, 0.2) is 23.5 Å². The predicted molar refractivity (Wildman–Crippen MR) is 61.9 cm³/mol. The third kappa shape index (κ3) is 2.74. The number of rotatable bonds is 5. The summed E-state index contributed by atoms with van der Waals surface area (Å²) in [7, 11) is 1.52. The second-order valence-corrected chi connectivity index (χ2v) is 4.06. The lowest BCUT2D eigenvalue weighted by atomic mass is 10.4. The molecule has 0 fully saturated rings. The summed E-state index contributed by atoms with van der Waals surface area (Å²) in [4.78, 5) is 14.5. The van der Waals surface area contributed by atoms with Crippen molar-refractivity contribution in [2.75, 3.05) is 12.9 Å². The number of carbonyl (C=O) groups is 1. The Labute approximate surface area is 106 Å². The summed E-state index contributed by atoms with van der Waals surface area (Å²) in [6, 6.07) is 3.40. The summed E-state index contributed by atoms with van der Waals surface area (Å²) >= 11 is 1.03. The van der Waals surface area contributed by atoms with E-state index in [0.717, 1.165) is 11.8 Å². The molecule has 0 radical (unpaired) electrons. The first-order valence-corrected chi connectivity index (χ1v) is 5.82. The summed E-state index contributed by atoms with van der Waals surface area (Å²) < 4.78 is 6.36. The Bertz CT molecular complexity index is 541. The first kappa shape index (κ1) is 12.3. The van der Waals surface area contributed by atoms with E-state index in [9.17, 15) is 4.79 Å². The van der Waals surface area contributed by atoms with Crippen molar-refractivity contribution in [2.24, 2.45) is 0 Å². The molecule has 0 bridgehead atoms. The van der Waals surface area contributed by atoms with Crippen LogP contribution >= 0.6 is 11.8 Å². The fourth-order valence-corrected chi connectivity index (χ4v) is 1.79. The second kappa shape index (κ2) is 5.45. The Morgan fingerprint density at radius 1 is 1.56 bits per heavy atom. The second-order valence-electron chi connectivity index (χ2n) is 3.11. The third-order valence-corrected chi connectivity index (χ3v) is 2.84. The average molecular weight is 267 g/mol. The van der Waals surface area contributed by atoms with Gasteiger partial charge in [0.05, 0.1) is 24.7 Å². The number of aromatic nitrogens is 5. The number of hydrogen-bond acceptors (Lipinski definition) is 7. The number of tetrazole rings is 1. The molecule has 2 aromatic heterocycles. The highest BCUT2D eigenvalue weighted by molar-refractivity contribution is 7.99. The minimum Gasteiger partial charge on any atom is -0.481 e. The van der Waals surface area contributed by atoms with Crippen molar-refractivity contribution in [3.05, 3.63) is 18.3 Å². The number of methoxy groups -OCH3 is 1. The summed E-state index contributed by atoms with van der Waals surface area (Å²) in [5.74, 6) is -0.557. The van der Waals surface area contributed by atoms with Crippen LogP contribution in [-0.2, 0) is 4.79 Å². The van der Waals surface area contributed by atoms with Gasteiger partial charge in [0, 0.05) is 6.07 Å². The summed E-state index contributed by atoms with van der Waals surface area (Å²) in [6.45, 7) is 0. The van der Waals surface area contributed by atoms with Gasteiger partial charge in [0.1, 0.15) is 0 Å². The molecule has 0 aliphatic heterocycles. The van der Waals surface area contributed by atoms with Gasteiger partial charge < -0.3 is 9.84 Å². The molecule has 9 heteroatoms. The van der Waals surface area contributed by atoms with Crippen molar-refractivity contribution < 1.29 is 14.6 Å². The van der Waals surface area contributed by atoms with Crippen LogP contribution in [0.5, 0.6) is 5.88 Å². The van der Waals surface area contributed by atoms with Gasteiger partial charge in [-0.25, -0.2) is 4.98 Å². The van der Waals surface area contributed by atoms with Crippen molar-refractivity contribution in [1.82, 2.24) is 25.2 Å². The molecule has 0 amide bonds. The molecule has 0 aliphatic carbocycles. The Kier molecular flexibility index (Phi) is 3.72. The van der Waals surface area contributed by atoms with Crippen LogP contribution in [0.2, 0.25) is 0 Å². The maximum Gasteiger partial charge on any atom is 0.313 e. The number of thioether (sulfide) groups is 1. The molecule has 94 valence electrons. The Hall–Kier alpha value is -2.16. The maximum absolute atomic E-state index is 10.5. The third-order valence-electron chi connectivity index (χ3n) is 1.94. The van der Waals surface area contributed by atoms with Gasteiger partial charge in [-0.05, 0) is 16.5 Å². The summed E-state index contributed by atoms with van der Waals surface area (Å²) in [6.07, 6.45) is 1.54. The van der Waals surface area contributed by atoms with E-state index >= 15 is 0 Å². The van der Waals surface area contributed by atoms with Crippen LogP contribution in [0.1, 0.15) is 0 Å². The molecule has 2 rings (SSSR count). The molecule has 1 N–H and O–H groups in total. The smallest absolute Gasteiger partial charge is 0.313 e. The lowest BCUT2D eigenvalue weighted by Crippen LogP contribution is -2.03. The summed E-state index contributed by atoms with van der Waals surface area (Å²) in [5.41, 5.74) is 0.633. The zero-order valence-electron chi connectivity index (χ0n) is 9.35. The SMILES string of the molecule is COc1ccc(-n2nnnc2SCC(=O)O)cn1. The molecule has 18 heavy (non-hydrogen) atoms. The van der Waals surface area contributed by atoms with E-state index < -0.39 is 5.97 Å². The number of nitrogens with zero attached hydrogens (tertiary/aromatic N) is 5. The number of carboxylic acids is 1. The van der Waals surface area contributed by atoms with E-state index in [1.807, 2.05) is 0 Å². The topological polar surface area (TPSA) is 103 Å². The Balaban J connectivity index is 2.21. The van der Waals surface area contributed by atoms with Crippen LogP contribution in [0, 0.1) is 0 Å².